The van der Waals surface area contributed by atoms with E-state index < -0.39 is 0 Å². The monoisotopic (exact) mass is 279 g/mol. The Hall–Kier alpha value is -2.89. The van der Waals surface area contributed by atoms with E-state index in [-0.39, 0.29) is 11.8 Å². The summed E-state index contributed by atoms with van der Waals surface area (Å²) in [4.78, 5) is 11.9. The van der Waals surface area contributed by atoms with Gasteiger partial charge in [0.05, 0.1) is 17.6 Å². The summed E-state index contributed by atoms with van der Waals surface area (Å²) in [5.41, 5.74) is 2.96. The second kappa shape index (κ2) is 4.59. The molecule has 1 amide bonds. The lowest BCUT2D eigenvalue weighted by Crippen LogP contribution is -2.24. The molecule has 0 spiro atoms. The predicted octanol–water partition coefficient (Wildman–Crippen LogP) is 2.07. The molecular formula is C15H13N5O. The number of nitrogens with one attached hydrogen (secondary N) is 2. The topological polar surface area (TPSA) is 75.6 Å². The number of rotatable bonds is 2. The van der Waals surface area contributed by atoms with Crippen LogP contribution in [0.25, 0.3) is 5.69 Å². The number of fused-ring (bicyclic) bond motifs is 1. The van der Waals surface area contributed by atoms with Crippen molar-refractivity contribution in [2.45, 2.75) is 12.3 Å². The van der Waals surface area contributed by atoms with Crippen LogP contribution in [0.4, 0.5) is 5.82 Å². The van der Waals surface area contributed by atoms with E-state index in [0.717, 1.165) is 16.9 Å². The lowest BCUT2D eigenvalue weighted by Gasteiger charge is -2.22. The van der Waals surface area contributed by atoms with E-state index in [9.17, 15) is 4.79 Å². The van der Waals surface area contributed by atoms with E-state index in [2.05, 4.69) is 20.6 Å². The van der Waals surface area contributed by atoms with E-state index in [0.29, 0.717) is 12.2 Å². The third-order valence-corrected chi connectivity index (χ3v) is 3.73. The molecule has 0 bridgehead atoms. The number of hydrogen-bond acceptors (Lipinski definition) is 3. The summed E-state index contributed by atoms with van der Waals surface area (Å²) in [5.74, 6) is 0.616. The van der Waals surface area contributed by atoms with Crippen molar-refractivity contribution in [2.24, 2.45) is 0 Å². The Morgan fingerprint density at radius 1 is 1.19 bits per heavy atom. The normalized spacial score (nSPS) is 17.3. The molecule has 0 aliphatic carbocycles. The summed E-state index contributed by atoms with van der Waals surface area (Å²) in [6.45, 7) is 0. The van der Waals surface area contributed by atoms with Gasteiger partial charge in [-0.05, 0) is 18.2 Å². The number of para-hydroxylation sites is 1. The van der Waals surface area contributed by atoms with Crippen LogP contribution in [-0.2, 0) is 4.79 Å². The number of benzene rings is 1. The van der Waals surface area contributed by atoms with Crippen LogP contribution in [-0.4, -0.2) is 25.9 Å². The summed E-state index contributed by atoms with van der Waals surface area (Å²) < 4.78 is 1.88. The van der Waals surface area contributed by atoms with Gasteiger partial charge in [-0.15, -0.1) is 0 Å². The molecule has 6 heteroatoms. The Labute approximate surface area is 120 Å². The molecular weight excluding hydrogens is 266 g/mol. The van der Waals surface area contributed by atoms with Gasteiger partial charge < -0.3 is 5.32 Å². The molecule has 6 nitrogen and oxygen atoms in total. The molecule has 0 saturated heterocycles. The first kappa shape index (κ1) is 11.9. The third kappa shape index (κ3) is 1.92. The molecule has 2 N–H and O–H groups in total. The molecule has 1 aromatic carbocycles. The zero-order valence-electron chi connectivity index (χ0n) is 11.2. The highest BCUT2D eigenvalue weighted by atomic mass is 16.1. The van der Waals surface area contributed by atoms with Gasteiger partial charge in [-0.3, -0.25) is 9.89 Å². The molecule has 2 aromatic heterocycles. The number of carbonyl (C=O) groups excluding carboxylic acids is 1. The fourth-order valence-corrected chi connectivity index (χ4v) is 2.77. The Balaban J connectivity index is 1.83. The second-order valence-corrected chi connectivity index (χ2v) is 5.01. The maximum absolute atomic E-state index is 11.9. The van der Waals surface area contributed by atoms with Crippen LogP contribution in [0.1, 0.15) is 23.6 Å². The van der Waals surface area contributed by atoms with Gasteiger partial charge in [0.2, 0.25) is 5.91 Å². The minimum Gasteiger partial charge on any atom is -0.311 e. The van der Waals surface area contributed by atoms with Gasteiger partial charge in [0, 0.05) is 24.1 Å². The number of aromatic nitrogens is 4. The Morgan fingerprint density at radius 2 is 2.05 bits per heavy atom. The minimum absolute atomic E-state index is 0.0161. The Morgan fingerprint density at radius 3 is 2.90 bits per heavy atom. The fraction of sp³-hybridized carbons (Fsp3) is 0.133. The number of hydrogen-bond donors (Lipinski definition) is 2. The maximum Gasteiger partial charge on any atom is 0.226 e. The van der Waals surface area contributed by atoms with Crippen LogP contribution in [0.5, 0.6) is 0 Å². The molecule has 1 unspecified atom stereocenters. The molecule has 0 fully saturated rings. The van der Waals surface area contributed by atoms with Gasteiger partial charge in [0.15, 0.2) is 0 Å². The highest BCUT2D eigenvalue weighted by Gasteiger charge is 2.30. The van der Waals surface area contributed by atoms with E-state index in [1.165, 1.54) is 0 Å². The van der Waals surface area contributed by atoms with Crippen LogP contribution in [0.15, 0.2) is 48.8 Å². The number of carbonyl (C=O) groups is 1. The molecule has 21 heavy (non-hydrogen) atoms. The minimum atomic E-state index is -0.0461. The molecule has 3 aromatic rings. The number of amides is 1. The smallest absolute Gasteiger partial charge is 0.226 e. The highest BCUT2D eigenvalue weighted by molar-refractivity contribution is 5.94. The summed E-state index contributed by atoms with van der Waals surface area (Å²) >= 11 is 0. The number of H-pyrrole nitrogens is 1. The van der Waals surface area contributed by atoms with Crippen molar-refractivity contribution in [2.75, 3.05) is 5.32 Å². The fourth-order valence-electron chi connectivity index (χ4n) is 2.77. The highest BCUT2D eigenvalue weighted by Crippen LogP contribution is 2.36. The van der Waals surface area contributed by atoms with Crippen molar-refractivity contribution in [3.8, 4) is 5.69 Å². The number of nitrogens with zero attached hydrogens (tertiary/aromatic N) is 3. The molecule has 104 valence electrons. The Kier molecular flexibility index (Phi) is 2.60. The van der Waals surface area contributed by atoms with Crippen LogP contribution in [0.3, 0.4) is 0 Å². The zero-order chi connectivity index (χ0) is 14.2. The molecule has 0 saturated carbocycles. The first-order valence-electron chi connectivity index (χ1n) is 6.75. The van der Waals surface area contributed by atoms with Crippen molar-refractivity contribution in [1.29, 1.82) is 0 Å². The van der Waals surface area contributed by atoms with Crippen molar-refractivity contribution in [1.82, 2.24) is 20.0 Å². The van der Waals surface area contributed by atoms with Crippen molar-refractivity contribution >= 4 is 11.7 Å². The quantitative estimate of drug-likeness (QED) is 0.754. The second-order valence-electron chi connectivity index (χ2n) is 5.01. The van der Waals surface area contributed by atoms with E-state index in [1.807, 2.05) is 41.1 Å². The van der Waals surface area contributed by atoms with Gasteiger partial charge in [0.25, 0.3) is 0 Å². The first-order chi connectivity index (χ1) is 10.3. The van der Waals surface area contributed by atoms with Crippen LogP contribution >= 0.6 is 0 Å². The lowest BCUT2D eigenvalue weighted by atomic mass is 9.91. The van der Waals surface area contributed by atoms with Gasteiger partial charge in [-0.25, -0.2) is 4.68 Å². The van der Waals surface area contributed by atoms with Crippen LogP contribution in [0, 0.1) is 0 Å². The first-order valence-corrected chi connectivity index (χ1v) is 6.75. The Bertz CT molecular complexity index is 789. The number of anilines is 1. The SMILES string of the molecule is O=C1CC(c2ccnn2-c2ccccc2)c2cn[nH]c2N1. The summed E-state index contributed by atoms with van der Waals surface area (Å²) in [5, 5.41) is 14.1. The van der Waals surface area contributed by atoms with Gasteiger partial charge in [-0.1, -0.05) is 18.2 Å². The van der Waals surface area contributed by atoms with Crippen molar-refractivity contribution in [3.63, 3.8) is 0 Å². The largest absolute Gasteiger partial charge is 0.311 e. The van der Waals surface area contributed by atoms with E-state index in [1.54, 1.807) is 12.4 Å². The van der Waals surface area contributed by atoms with Crippen molar-refractivity contribution < 1.29 is 4.79 Å². The van der Waals surface area contributed by atoms with Crippen LogP contribution in [0.2, 0.25) is 0 Å². The van der Waals surface area contributed by atoms with E-state index >= 15 is 0 Å². The summed E-state index contributed by atoms with van der Waals surface area (Å²) in [7, 11) is 0. The van der Waals surface area contributed by atoms with Crippen molar-refractivity contribution in [3.05, 3.63) is 60.0 Å². The predicted molar refractivity (Wildman–Crippen MR) is 77.2 cm³/mol. The average molecular weight is 279 g/mol. The van der Waals surface area contributed by atoms with Crippen LogP contribution < -0.4 is 5.32 Å². The van der Waals surface area contributed by atoms with Gasteiger partial charge >= 0.3 is 0 Å². The van der Waals surface area contributed by atoms with Gasteiger partial charge in [0.1, 0.15) is 5.82 Å². The third-order valence-electron chi connectivity index (χ3n) is 3.73. The number of aromatic amines is 1. The zero-order valence-corrected chi connectivity index (χ0v) is 11.2. The molecule has 1 aliphatic rings. The van der Waals surface area contributed by atoms with Gasteiger partial charge in [-0.2, -0.15) is 10.2 Å². The van der Waals surface area contributed by atoms with E-state index in [4.69, 9.17) is 0 Å². The molecule has 1 aliphatic heterocycles. The molecule has 3 heterocycles. The molecule has 4 rings (SSSR count). The average Bonchev–Trinajstić information content (AvgIpc) is 3.16. The molecule has 1 atom stereocenters. The standard InChI is InChI=1S/C15H13N5O/c21-14-8-11(12-9-16-19-15(12)18-14)13-6-7-17-20(13)10-4-2-1-3-5-10/h1-7,9,11H,8H2,(H2,16,18,19,21). The summed E-state index contributed by atoms with van der Waals surface area (Å²) in [6, 6.07) is 11.8. The maximum atomic E-state index is 11.9. The summed E-state index contributed by atoms with van der Waals surface area (Å²) in [6.07, 6.45) is 3.92. The lowest BCUT2D eigenvalue weighted by molar-refractivity contribution is -0.116. The molecule has 0 radical (unpaired) electrons.